The molecule has 0 atom stereocenters. The van der Waals surface area contributed by atoms with Crippen molar-refractivity contribution in [1.29, 1.82) is 0 Å². The van der Waals surface area contributed by atoms with Gasteiger partial charge in [-0.05, 0) is 40.5 Å². The van der Waals surface area contributed by atoms with Crippen LogP contribution >= 0.6 is 7.82 Å². The van der Waals surface area contributed by atoms with Gasteiger partial charge in [0.15, 0.2) is 0 Å². The number of phosphoric acid groups is 1. The lowest BCUT2D eigenvalue weighted by atomic mass is 10.1. The third kappa shape index (κ3) is 6.84. The van der Waals surface area contributed by atoms with E-state index < -0.39 is 7.82 Å². The zero-order valence-electron chi connectivity index (χ0n) is 12.4. The van der Waals surface area contributed by atoms with Crippen molar-refractivity contribution in [3.8, 4) is 0 Å². The fourth-order valence-corrected chi connectivity index (χ4v) is 3.35. The normalized spacial score (nSPS) is 19.5. The van der Waals surface area contributed by atoms with E-state index in [-0.39, 0.29) is 25.0 Å². The van der Waals surface area contributed by atoms with Gasteiger partial charge in [-0.1, -0.05) is 0 Å². The molecule has 1 saturated heterocycles. The van der Waals surface area contributed by atoms with E-state index in [0.29, 0.717) is 0 Å². The van der Waals surface area contributed by atoms with Gasteiger partial charge in [0.25, 0.3) is 0 Å². The molecular formula is C12H27N2O4P. The molecule has 0 amide bonds. The van der Waals surface area contributed by atoms with Crippen LogP contribution in [-0.2, 0) is 18.1 Å². The van der Waals surface area contributed by atoms with Crippen LogP contribution in [-0.4, -0.2) is 43.0 Å². The first-order valence-electron chi connectivity index (χ1n) is 6.90. The monoisotopic (exact) mass is 294 g/mol. The van der Waals surface area contributed by atoms with E-state index in [1.54, 1.807) is 27.7 Å². The number of hydrogen-bond donors (Lipinski definition) is 1. The minimum Gasteiger partial charge on any atom is -0.328 e. The fraction of sp³-hybridized carbons (Fsp3) is 1.00. The molecule has 0 radical (unpaired) electrons. The average molecular weight is 294 g/mol. The predicted molar refractivity (Wildman–Crippen MR) is 74.8 cm³/mol. The summed E-state index contributed by atoms with van der Waals surface area (Å²) in [5.74, 6) is 0. The second-order valence-electron chi connectivity index (χ2n) is 5.47. The second kappa shape index (κ2) is 7.72. The molecule has 1 rings (SSSR count). The maximum Gasteiger partial charge on any atom is 0.476 e. The lowest BCUT2D eigenvalue weighted by Gasteiger charge is -2.31. The van der Waals surface area contributed by atoms with Crippen molar-refractivity contribution in [3.05, 3.63) is 0 Å². The summed E-state index contributed by atoms with van der Waals surface area (Å²) in [5.41, 5.74) is 5.84. The standard InChI is InChI=1S/C12H27N2O4P/c1-10(2)17-19(15,18-11(3)4)16-9-14-7-5-12(13)6-8-14/h10-12H,5-9,13H2,1-4H3. The van der Waals surface area contributed by atoms with Crippen molar-refractivity contribution in [2.24, 2.45) is 5.73 Å². The largest absolute Gasteiger partial charge is 0.476 e. The van der Waals surface area contributed by atoms with Gasteiger partial charge < -0.3 is 5.73 Å². The van der Waals surface area contributed by atoms with Gasteiger partial charge in [0.1, 0.15) is 6.73 Å². The molecule has 0 aromatic rings. The summed E-state index contributed by atoms with van der Waals surface area (Å²) < 4.78 is 28.5. The first kappa shape index (κ1) is 17.1. The van der Waals surface area contributed by atoms with Crippen molar-refractivity contribution < 1.29 is 18.1 Å². The van der Waals surface area contributed by atoms with E-state index >= 15 is 0 Å². The summed E-state index contributed by atoms with van der Waals surface area (Å²) >= 11 is 0. The highest BCUT2D eigenvalue weighted by Gasteiger charge is 2.31. The Balaban J connectivity index is 2.46. The van der Waals surface area contributed by atoms with Gasteiger partial charge in [-0.25, -0.2) is 4.57 Å². The van der Waals surface area contributed by atoms with Gasteiger partial charge >= 0.3 is 7.82 Å². The summed E-state index contributed by atoms with van der Waals surface area (Å²) in [6, 6.07) is 0.266. The van der Waals surface area contributed by atoms with E-state index in [9.17, 15) is 4.57 Å². The summed E-state index contributed by atoms with van der Waals surface area (Å²) in [6.07, 6.45) is 1.45. The van der Waals surface area contributed by atoms with Gasteiger partial charge in [-0.3, -0.25) is 18.5 Å². The molecule has 0 aromatic carbocycles. The van der Waals surface area contributed by atoms with Crippen molar-refractivity contribution in [3.63, 3.8) is 0 Å². The van der Waals surface area contributed by atoms with Crippen LogP contribution in [0.1, 0.15) is 40.5 Å². The van der Waals surface area contributed by atoms with Gasteiger partial charge in [-0.2, -0.15) is 0 Å². The molecule has 19 heavy (non-hydrogen) atoms. The van der Waals surface area contributed by atoms with Crippen molar-refractivity contribution >= 4 is 7.82 Å². The number of nitrogens with zero attached hydrogens (tertiary/aromatic N) is 1. The molecule has 0 spiro atoms. The lowest BCUT2D eigenvalue weighted by molar-refractivity contribution is 0.0277. The van der Waals surface area contributed by atoms with Gasteiger partial charge in [-0.15, -0.1) is 0 Å². The Morgan fingerprint density at radius 3 is 2.05 bits per heavy atom. The summed E-state index contributed by atoms with van der Waals surface area (Å²) in [6.45, 7) is 9.18. The second-order valence-corrected chi connectivity index (χ2v) is 7.04. The van der Waals surface area contributed by atoms with Crippen LogP contribution in [0.2, 0.25) is 0 Å². The minimum atomic E-state index is -3.49. The highest BCUT2D eigenvalue weighted by Crippen LogP contribution is 2.51. The number of likely N-dealkylation sites (tertiary alicyclic amines) is 1. The molecule has 7 heteroatoms. The maximum atomic E-state index is 12.4. The third-order valence-electron chi connectivity index (χ3n) is 2.71. The SMILES string of the molecule is CC(C)OP(=O)(OCN1CCC(N)CC1)OC(C)C. The predicted octanol–water partition coefficient (Wildman–Crippen LogP) is 2.34. The van der Waals surface area contributed by atoms with E-state index in [1.807, 2.05) is 0 Å². The molecule has 0 unspecified atom stereocenters. The number of piperidine rings is 1. The maximum absolute atomic E-state index is 12.4. The van der Waals surface area contributed by atoms with E-state index in [2.05, 4.69) is 4.90 Å². The van der Waals surface area contributed by atoms with Crippen molar-refractivity contribution in [2.45, 2.75) is 58.8 Å². The van der Waals surface area contributed by atoms with Crippen LogP contribution in [0.3, 0.4) is 0 Å². The zero-order valence-corrected chi connectivity index (χ0v) is 13.3. The van der Waals surface area contributed by atoms with Crippen LogP contribution in [0.15, 0.2) is 0 Å². The number of nitrogens with two attached hydrogens (primary N) is 1. The topological polar surface area (TPSA) is 74.0 Å². The van der Waals surface area contributed by atoms with Crippen LogP contribution in [0, 0.1) is 0 Å². The first-order valence-corrected chi connectivity index (χ1v) is 8.36. The third-order valence-corrected chi connectivity index (χ3v) is 4.50. The summed E-state index contributed by atoms with van der Waals surface area (Å²) in [7, 11) is -3.49. The van der Waals surface area contributed by atoms with Crippen LogP contribution in [0.5, 0.6) is 0 Å². The smallest absolute Gasteiger partial charge is 0.328 e. The molecule has 0 saturated carbocycles. The van der Waals surface area contributed by atoms with Gasteiger partial charge in [0, 0.05) is 19.1 Å². The molecule has 2 N–H and O–H groups in total. The zero-order chi connectivity index (χ0) is 14.5. The molecule has 1 fully saturated rings. The van der Waals surface area contributed by atoms with Crippen molar-refractivity contribution in [2.75, 3.05) is 19.8 Å². The Morgan fingerprint density at radius 2 is 1.63 bits per heavy atom. The molecule has 114 valence electrons. The minimum absolute atomic E-state index is 0.209. The Kier molecular flexibility index (Phi) is 6.94. The molecule has 6 nitrogen and oxygen atoms in total. The molecule has 1 heterocycles. The number of phosphoric ester groups is 1. The summed E-state index contributed by atoms with van der Waals surface area (Å²) in [4.78, 5) is 2.07. The molecule has 1 aliphatic rings. The van der Waals surface area contributed by atoms with E-state index in [0.717, 1.165) is 25.9 Å². The molecule has 0 bridgehead atoms. The molecule has 1 aliphatic heterocycles. The average Bonchev–Trinajstić information content (AvgIpc) is 2.26. The lowest BCUT2D eigenvalue weighted by Crippen LogP contribution is -2.40. The Labute approximate surface area is 116 Å². The fourth-order valence-electron chi connectivity index (χ4n) is 1.84. The van der Waals surface area contributed by atoms with E-state index in [1.165, 1.54) is 0 Å². The quantitative estimate of drug-likeness (QED) is 0.726. The Morgan fingerprint density at radius 1 is 1.16 bits per heavy atom. The Hall–Kier alpha value is 0.0300. The number of hydrogen-bond acceptors (Lipinski definition) is 6. The van der Waals surface area contributed by atoms with Gasteiger partial charge in [0.05, 0.1) is 12.2 Å². The highest BCUT2D eigenvalue weighted by atomic mass is 31.2. The molecular weight excluding hydrogens is 267 g/mol. The van der Waals surface area contributed by atoms with Crippen LogP contribution in [0.25, 0.3) is 0 Å². The van der Waals surface area contributed by atoms with Crippen molar-refractivity contribution in [1.82, 2.24) is 4.90 Å². The molecule has 0 aromatic heterocycles. The van der Waals surface area contributed by atoms with Gasteiger partial charge in [0.2, 0.25) is 0 Å². The summed E-state index contributed by atoms with van der Waals surface area (Å²) in [5, 5.41) is 0. The first-order chi connectivity index (χ1) is 8.81. The van der Waals surface area contributed by atoms with Crippen LogP contribution in [0.4, 0.5) is 0 Å². The van der Waals surface area contributed by atoms with E-state index in [4.69, 9.17) is 19.3 Å². The Bertz CT molecular complexity index is 290. The van der Waals surface area contributed by atoms with Crippen LogP contribution < -0.4 is 5.73 Å². The molecule has 0 aliphatic carbocycles. The number of rotatable bonds is 7. The highest BCUT2D eigenvalue weighted by molar-refractivity contribution is 7.48.